The van der Waals surface area contributed by atoms with Crippen molar-refractivity contribution < 1.29 is 14.3 Å². The second kappa shape index (κ2) is 10.8. The van der Waals surface area contributed by atoms with Crippen LogP contribution >= 0.6 is 0 Å². The summed E-state index contributed by atoms with van der Waals surface area (Å²) in [6.07, 6.45) is 1.85. The summed E-state index contributed by atoms with van der Waals surface area (Å²) in [4.78, 5) is 31.7. The van der Waals surface area contributed by atoms with Crippen LogP contribution in [0.3, 0.4) is 0 Å². The molecule has 0 bridgehead atoms. The molecule has 36 heavy (non-hydrogen) atoms. The van der Waals surface area contributed by atoms with Gasteiger partial charge in [-0.25, -0.2) is 0 Å². The van der Waals surface area contributed by atoms with Gasteiger partial charge in [-0.05, 0) is 42.7 Å². The normalized spacial score (nSPS) is 15.5. The summed E-state index contributed by atoms with van der Waals surface area (Å²) in [5.41, 5.74) is 2.77. The molecule has 8 nitrogen and oxygen atoms in total. The smallest absolute Gasteiger partial charge is 0.242 e. The van der Waals surface area contributed by atoms with E-state index in [1.807, 2.05) is 71.6 Å². The third kappa shape index (κ3) is 5.64. The standard InChI is InChI=1S/C28H31N5O3/c1-36-24-9-5-8-23(18-24)25-12-13-26(30-29-25)31-14-16-32(17-15-31)27(34)20-33(28(35)22-10-11-22)19-21-6-3-2-4-7-21/h2-9,12-13,18,22H,10-11,14-17,19-20H2,1H3. The first-order valence-electron chi connectivity index (χ1n) is 12.4. The molecule has 2 amide bonds. The van der Waals surface area contributed by atoms with E-state index in [0.717, 1.165) is 41.2 Å². The van der Waals surface area contributed by atoms with Crippen molar-refractivity contribution in [3.63, 3.8) is 0 Å². The molecule has 2 aliphatic rings. The molecule has 8 heteroatoms. The zero-order valence-corrected chi connectivity index (χ0v) is 20.5. The fourth-order valence-corrected chi connectivity index (χ4v) is 4.48. The molecule has 1 aromatic heterocycles. The Morgan fingerprint density at radius 3 is 2.39 bits per heavy atom. The van der Waals surface area contributed by atoms with E-state index in [0.29, 0.717) is 32.7 Å². The summed E-state index contributed by atoms with van der Waals surface area (Å²) in [6.45, 7) is 3.13. The lowest BCUT2D eigenvalue weighted by Crippen LogP contribution is -2.52. The number of carbonyl (C=O) groups excluding carboxylic acids is 2. The van der Waals surface area contributed by atoms with Crippen LogP contribution in [0.15, 0.2) is 66.7 Å². The van der Waals surface area contributed by atoms with Crippen molar-refractivity contribution in [1.82, 2.24) is 20.0 Å². The largest absolute Gasteiger partial charge is 0.497 e. The van der Waals surface area contributed by atoms with E-state index in [4.69, 9.17) is 4.74 Å². The van der Waals surface area contributed by atoms with Crippen LogP contribution in [0, 0.1) is 5.92 Å². The Labute approximate surface area is 211 Å². The molecule has 1 saturated heterocycles. The van der Waals surface area contributed by atoms with Crippen molar-refractivity contribution in [2.45, 2.75) is 19.4 Å². The number of piperazine rings is 1. The van der Waals surface area contributed by atoms with Gasteiger partial charge < -0.3 is 19.4 Å². The lowest BCUT2D eigenvalue weighted by molar-refractivity contribution is -0.142. The molecule has 0 radical (unpaired) electrons. The minimum absolute atomic E-state index is 0.000891. The van der Waals surface area contributed by atoms with E-state index >= 15 is 0 Å². The number of carbonyl (C=O) groups is 2. The Bertz CT molecular complexity index is 1190. The van der Waals surface area contributed by atoms with E-state index < -0.39 is 0 Å². The molecule has 3 aromatic rings. The molecule has 0 atom stereocenters. The molecule has 1 saturated carbocycles. The summed E-state index contributed by atoms with van der Waals surface area (Å²) in [5, 5.41) is 8.83. The van der Waals surface area contributed by atoms with Gasteiger partial charge in [0, 0.05) is 44.2 Å². The van der Waals surface area contributed by atoms with Crippen LogP contribution in [0.1, 0.15) is 18.4 Å². The van der Waals surface area contributed by atoms with Crippen molar-refractivity contribution in [1.29, 1.82) is 0 Å². The van der Waals surface area contributed by atoms with Crippen LogP contribution in [0.25, 0.3) is 11.3 Å². The maximum atomic E-state index is 13.1. The minimum Gasteiger partial charge on any atom is -0.497 e. The maximum Gasteiger partial charge on any atom is 0.242 e. The van der Waals surface area contributed by atoms with Crippen molar-refractivity contribution in [3.05, 3.63) is 72.3 Å². The van der Waals surface area contributed by atoms with Gasteiger partial charge in [-0.3, -0.25) is 9.59 Å². The summed E-state index contributed by atoms with van der Waals surface area (Å²) in [5.74, 6) is 1.75. The first kappa shape index (κ1) is 23.8. The summed E-state index contributed by atoms with van der Waals surface area (Å²) in [7, 11) is 1.64. The Morgan fingerprint density at radius 1 is 0.944 bits per heavy atom. The number of aromatic nitrogens is 2. The van der Waals surface area contributed by atoms with Gasteiger partial charge in [-0.1, -0.05) is 42.5 Å². The van der Waals surface area contributed by atoms with E-state index in [1.165, 1.54) is 0 Å². The van der Waals surface area contributed by atoms with Crippen LogP contribution in [0.4, 0.5) is 5.82 Å². The van der Waals surface area contributed by atoms with Crippen molar-refractivity contribution in [3.8, 4) is 17.0 Å². The number of amides is 2. The van der Waals surface area contributed by atoms with Gasteiger partial charge in [-0.2, -0.15) is 0 Å². The highest BCUT2D eigenvalue weighted by Crippen LogP contribution is 2.31. The van der Waals surface area contributed by atoms with Gasteiger partial charge in [0.2, 0.25) is 11.8 Å². The zero-order chi connectivity index (χ0) is 24.9. The molecule has 2 aromatic carbocycles. The average molecular weight is 486 g/mol. The molecule has 186 valence electrons. The first-order chi connectivity index (χ1) is 17.6. The van der Waals surface area contributed by atoms with Crippen LogP contribution in [-0.2, 0) is 16.1 Å². The Hall–Kier alpha value is -3.94. The van der Waals surface area contributed by atoms with Gasteiger partial charge in [0.15, 0.2) is 5.82 Å². The third-order valence-electron chi connectivity index (χ3n) is 6.75. The van der Waals surface area contributed by atoms with Gasteiger partial charge >= 0.3 is 0 Å². The molecule has 0 unspecified atom stereocenters. The second-order valence-corrected chi connectivity index (χ2v) is 9.33. The highest BCUT2D eigenvalue weighted by atomic mass is 16.5. The monoisotopic (exact) mass is 485 g/mol. The van der Waals surface area contributed by atoms with E-state index in [2.05, 4.69) is 15.1 Å². The van der Waals surface area contributed by atoms with E-state index in [9.17, 15) is 9.59 Å². The van der Waals surface area contributed by atoms with Crippen LogP contribution in [-0.4, -0.2) is 71.6 Å². The first-order valence-corrected chi connectivity index (χ1v) is 12.4. The quantitative estimate of drug-likeness (QED) is 0.488. The fourth-order valence-electron chi connectivity index (χ4n) is 4.48. The summed E-state index contributed by atoms with van der Waals surface area (Å²) in [6, 6.07) is 21.5. The SMILES string of the molecule is COc1cccc(-c2ccc(N3CCN(C(=O)CN(Cc4ccccc4)C(=O)C4CC4)CC3)nn2)c1. The fraction of sp³-hybridized carbons (Fsp3) is 0.357. The van der Waals surface area contributed by atoms with Crippen LogP contribution in [0.5, 0.6) is 5.75 Å². The van der Waals surface area contributed by atoms with Gasteiger partial charge in [0.05, 0.1) is 12.8 Å². The van der Waals surface area contributed by atoms with Crippen molar-refractivity contribution in [2.75, 3.05) is 44.7 Å². The number of benzene rings is 2. The van der Waals surface area contributed by atoms with Gasteiger partial charge in [0.25, 0.3) is 0 Å². The minimum atomic E-state index is -0.000891. The van der Waals surface area contributed by atoms with E-state index in [-0.39, 0.29) is 24.3 Å². The zero-order valence-electron chi connectivity index (χ0n) is 20.5. The third-order valence-corrected chi connectivity index (χ3v) is 6.75. The molecule has 1 aliphatic heterocycles. The number of hydrogen-bond acceptors (Lipinski definition) is 6. The second-order valence-electron chi connectivity index (χ2n) is 9.33. The molecule has 0 spiro atoms. The Morgan fingerprint density at radius 2 is 1.72 bits per heavy atom. The molecular weight excluding hydrogens is 454 g/mol. The Balaban J connectivity index is 1.17. The number of hydrogen-bond donors (Lipinski definition) is 0. The molecule has 0 N–H and O–H groups in total. The van der Waals surface area contributed by atoms with E-state index in [1.54, 1.807) is 12.0 Å². The average Bonchev–Trinajstić information content (AvgIpc) is 3.79. The predicted octanol–water partition coefficient (Wildman–Crippen LogP) is 3.24. The number of ether oxygens (including phenoxy) is 1. The Kier molecular flexibility index (Phi) is 7.11. The summed E-state index contributed by atoms with van der Waals surface area (Å²) >= 11 is 0. The molecule has 5 rings (SSSR count). The maximum absolute atomic E-state index is 13.1. The topological polar surface area (TPSA) is 78.9 Å². The number of methoxy groups -OCH3 is 1. The lowest BCUT2D eigenvalue weighted by atomic mass is 10.1. The highest BCUT2D eigenvalue weighted by Gasteiger charge is 2.35. The number of nitrogens with zero attached hydrogens (tertiary/aromatic N) is 5. The van der Waals surface area contributed by atoms with Crippen molar-refractivity contribution >= 4 is 17.6 Å². The molecular formula is C28H31N5O3. The molecule has 1 aliphatic carbocycles. The van der Waals surface area contributed by atoms with Crippen molar-refractivity contribution in [2.24, 2.45) is 5.92 Å². The predicted molar refractivity (Wildman–Crippen MR) is 137 cm³/mol. The number of rotatable bonds is 8. The van der Waals surface area contributed by atoms with Gasteiger partial charge in [0.1, 0.15) is 12.3 Å². The van der Waals surface area contributed by atoms with Crippen LogP contribution < -0.4 is 9.64 Å². The number of anilines is 1. The highest BCUT2D eigenvalue weighted by molar-refractivity contribution is 5.87. The van der Waals surface area contributed by atoms with Gasteiger partial charge in [-0.15, -0.1) is 10.2 Å². The van der Waals surface area contributed by atoms with Crippen LogP contribution in [0.2, 0.25) is 0 Å². The molecule has 2 heterocycles. The molecule has 2 fully saturated rings. The summed E-state index contributed by atoms with van der Waals surface area (Å²) < 4.78 is 5.30. The lowest BCUT2D eigenvalue weighted by Gasteiger charge is -2.36.